The van der Waals surface area contributed by atoms with Crippen LogP contribution in [0.4, 0.5) is 10.5 Å². The second-order valence-corrected chi connectivity index (χ2v) is 13.0. The summed E-state index contributed by atoms with van der Waals surface area (Å²) in [6.07, 6.45) is -1.21. The van der Waals surface area contributed by atoms with Crippen LogP contribution in [0.1, 0.15) is 45.7 Å². The van der Waals surface area contributed by atoms with Gasteiger partial charge in [0.2, 0.25) is 11.8 Å². The number of aliphatic hydroxyl groups excluding tert-OH is 1. The third-order valence-corrected chi connectivity index (χ3v) is 9.69. The van der Waals surface area contributed by atoms with Gasteiger partial charge in [0.1, 0.15) is 18.2 Å². The number of aliphatic hydroxyl groups is 1. The minimum absolute atomic E-state index is 0.0438. The van der Waals surface area contributed by atoms with E-state index in [1.54, 1.807) is 24.3 Å². The Morgan fingerprint density at radius 2 is 1.09 bits per heavy atom. The summed E-state index contributed by atoms with van der Waals surface area (Å²) in [5, 5.41) is 18.3. The molecule has 0 aliphatic heterocycles. The minimum Gasteiger partial charge on any atom is -0.449 e. The van der Waals surface area contributed by atoms with E-state index in [4.69, 9.17) is 4.74 Å². The van der Waals surface area contributed by atoms with Gasteiger partial charge >= 0.3 is 6.09 Å². The van der Waals surface area contributed by atoms with Gasteiger partial charge in [0.15, 0.2) is 0 Å². The van der Waals surface area contributed by atoms with Gasteiger partial charge in [-0.2, -0.15) is 0 Å². The maximum absolute atomic E-state index is 14.3. The molecule has 0 radical (unpaired) electrons. The van der Waals surface area contributed by atoms with Crippen LogP contribution >= 0.6 is 0 Å². The molecule has 3 amide bonds. The summed E-state index contributed by atoms with van der Waals surface area (Å²) in [6.45, 7) is -0.103. The Morgan fingerprint density at radius 3 is 1.58 bits per heavy atom. The second kappa shape index (κ2) is 15.8. The predicted molar refractivity (Wildman–Crippen MR) is 205 cm³/mol. The van der Waals surface area contributed by atoms with Gasteiger partial charge in [0.05, 0.1) is 13.0 Å². The third kappa shape index (κ3) is 7.45. The summed E-state index contributed by atoms with van der Waals surface area (Å²) in [7, 11) is 0. The van der Waals surface area contributed by atoms with E-state index in [0.29, 0.717) is 11.3 Å². The smallest absolute Gasteiger partial charge is 0.407 e. The van der Waals surface area contributed by atoms with Crippen LogP contribution in [0.3, 0.4) is 0 Å². The zero-order valence-corrected chi connectivity index (χ0v) is 28.9. The van der Waals surface area contributed by atoms with Crippen molar-refractivity contribution in [2.24, 2.45) is 0 Å². The minimum atomic E-state index is -1.30. The van der Waals surface area contributed by atoms with E-state index in [1.165, 1.54) is 0 Å². The van der Waals surface area contributed by atoms with Crippen molar-refractivity contribution in [1.82, 2.24) is 10.6 Å². The molecular weight excluding hydrogens is 663 g/mol. The van der Waals surface area contributed by atoms with Crippen molar-refractivity contribution >= 4 is 23.6 Å². The fraction of sp³-hybridized carbons (Fsp3) is 0.133. The predicted octanol–water partition coefficient (Wildman–Crippen LogP) is 7.52. The highest BCUT2D eigenvalue weighted by molar-refractivity contribution is 5.99. The molecule has 6 aromatic carbocycles. The van der Waals surface area contributed by atoms with Crippen LogP contribution in [0.15, 0.2) is 164 Å². The van der Waals surface area contributed by atoms with Gasteiger partial charge in [-0.3, -0.25) is 9.59 Å². The monoisotopic (exact) mass is 701 g/mol. The van der Waals surface area contributed by atoms with Crippen molar-refractivity contribution in [2.45, 2.75) is 30.5 Å². The van der Waals surface area contributed by atoms with E-state index in [0.717, 1.165) is 38.9 Å². The molecule has 0 unspecified atom stereocenters. The van der Waals surface area contributed by atoms with Crippen molar-refractivity contribution in [3.63, 3.8) is 0 Å². The number of hydrogen-bond donors (Lipinski definition) is 4. The number of carbonyl (C=O) groups excluding carboxylic acids is 3. The highest BCUT2D eigenvalue weighted by atomic mass is 16.5. The van der Waals surface area contributed by atoms with Crippen molar-refractivity contribution in [2.75, 3.05) is 11.9 Å². The number of anilines is 1. The van der Waals surface area contributed by atoms with E-state index < -0.39 is 29.5 Å². The molecule has 6 aromatic rings. The lowest BCUT2D eigenvalue weighted by molar-refractivity contribution is -0.126. The van der Waals surface area contributed by atoms with Gasteiger partial charge in [-0.15, -0.1) is 0 Å². The first-order valence-corrected chi connectivity index (χ1v) is 17.6. The van der Waals surface area contributed by atoms with Gasteiger partial charge in [-0.25, -0.2) is 4.79 Å². The van der Waals surface area contributed by atoms with Crippen molar-refractivity contribution in [3.05, 3.63) is 197 Å². The fourth-order valence-electron chi connectivity index (χ4n) is 7.14. The topological polar surface area (TPSA) is 117 Å². The molecule has 53 heavy (non-hydrogen) atoms. The molecule has 8 heteroatoms. The number of alkyl carbamates (subject to hydrolysis) is 1. The van der Waals surface area contributed by atoms with Gasteiger partial charge in [-0.1, -0.05) is 152 Å². The summed E-state index contributed by atoms with van der Waals surface area (Å²) >= 11 is 0. The number of carbonyl (C=O) groups is 3. The summed E-state index contributed by atoms with van der Waals surface area (Å²) in [5.41, 5.74) is 6.76. The Balaban J connectivity index is 1.16. The first-order chi connectivity index (χ1) is 26.0. The van der Waals surface area contributed by atoms with E-state index in [9.17, 15) is 19.5 Å². The van der Waals surface area contributed by atoms with E-state index >= 15 is 0 Å². The average Bonchev–Trinajstić information content (AvgIpc) is 3.53. The summed E-state index contributed by atoms with van der Waals surface area (Å²) < 4.78 is 5.80. The lowest BCUT2D eigenvalue weighted by Gasteiger charge is -2.37. The normalized spacial score (nSPS) is 12.5. The molecule has 0 saturated heterocycles. The van der Waals surface area contributed by atoms with E-state index in [2.05, 4.69) is 28.1 Å². The molecule has 0 spiro atoms. The molecule has 1 aliphatic carbocycles. The van der Waals surface area contributed by atoms with Crippen LogP contribution in [-0.2, 0) is 26.5 Å². The number of rotatable bonds is 12. The van der Waals surface area contributed by atoms with Crippen LogP contribution in [0, 0.1) is 0 Å². The zero-order chi connectivity index (χ0) is 36.6. The first kappa shape index (κ1) is 34.9. The number of ether oxygens (including phenoxy) is 1. The first-order valence-electron chi connectivity index (χ1n) is 17.6. The SMILES string of the molecule is O=C(C[C@H](NC(=O)OCC1c2ccccc2-c2ccccc21)C(=O)Nc1ccc(CO)cc1)NC(c1ccccc1)(c1ccccc1)c1ccccc1. The van der Waals surface area contributed by atoms with Crippen molar-refractivity contribution in [1.29, 1.82) is 0 Å². The van der Waals surface area contributed by atoms with Crippen LogP contribution in [-0.4, -0.2) is 35.7 Å². The number of amides is 3. The summed E-state index contributed by atoms with van der Waals surface area (Å²) in [5.74, 6) is -1.26. The Hall–Kier alpha value is -6.51. The highest BCUT2D eigenvalue weighted by Crippen LogP contribution is 2.44. The van der Waals surface area contributed by atoms with Crippen LogP contribution in [0.2, 0.25) is 0 Å². The lowest BCUT2D eigenvalue weighted by Crippen LogP contribution is -2.52. The maximum atomic E-state index is 14.3. The molecule has 264 valence electrons. The third-order valence-electron chi connectivity index (χ3n) is 9.69. The molecule has 0 bridgehead atoms. The standard InChI is InChI=1S/C45H39N3O5/c49-29-31-24-26-35(27-25-31)46-43(51)41(47-44(52)53-30-40-38-22-12-10-20-36(38)37-21-11-13-23-39(37)40)28-42(50)48-45(32-14-4-1-5-15-32,33-16-6-2-7-17-33)34-18-8-3-9-19-34/h1-27,40-41,49H,28-30H2,(H,46,51)(H,47,52)(H,48,50)/t41-/m0/s1. The average molecular weight is 702 g/mol. The van der Waals surface area contributed by atoms with Crippen LogP contribution < -0.4 is 16.0 Å². The zero-order valence-electron chi connectivity index (χ0n) is 28.9. The van der Waals surface area contributed by atoms with Gasteiger partial charge in [0, 0.05) is 11.6 Å². The summed E-state index contributed by atoms with van der Waals surface area (Å²) in [6, 6.07) is 50.4. The largest absolute Gasteiger partial charge is 0.449 e. The second-order valence-electron chi connectivity index (χ2n) is 13.0. The molecule has 1 aliphatic rings. The molecule has 7 rings (SSSR count). The van der Waals surface area contributed by atoms with Crippen LogP contribution in [0.25, 0.3) is 11.1 Å². The van der Waals surface area contributed by atoms with Gasteiger partial charge < -0.3 is 25.8 Å². The lowest BCUT2D eigenvalue weighted by atomic mass is 9.77. The number of benzene rings is 6. The van der Waals surface area contributed by atoms with E-state index in [1.807, 2.05) is 127 Å². The Labute approximate surface area is 308 Å². The molecular formula is C45H39N3O5. The Bertz CT molecular complexity index is 2050. The number of hydrogen-bond acceptors (Lipinski definition) is 5. The van der Waals surface area contributed by atoms with Crippen molar-refractivity contribution < 1.29 is 24.2 Å². The molecule has 1 atom stereocenters. The quantitative estimate of drug-likeness (QED) is 0.0986. The molecule has 8 nitrogen and oxygen atoms in total. The number of nitrogens with one attached hydrogen (secondary N) is 3. The van der Waals surface area contributed by atoms with Crippen LogP contribution in [0.5, 0.6) is 0 Å². The van der Waals surface area contributed by atoms with Crippen molar-refractivity contribution in [3.8, 4) is 11.1 Å². The summed E-state index contributed by atoms with van der Waals surface area (Å²) in [4.78, 5) is 41.8. The van der Waals surface area contributed by atoms with Gasteiger partial charge in [0.25, 0.3) is 0 Å². The molecule has 0 saturated carbocycles. The Kier molecular flexibility index (Phi) is 10.4. The van der Waals surface area contributed by atoms with E-state index in [-0.39, 0.29) is 25.6 Å². The van der Waals surface area contributed by atoms with Gasteiger partial charge in [-0.05, 0) is 56.6 Å². The molecule has 0 aromatic heterocycles. The maximum Gasteiger partial charge on any atom is 0.407 e. The number of fused-ring (bicyclic) bond motifs is 3. The highest BCUT2D eigenvalue weighted by Gasteiger charge is 2.39. The molecule has 0 heterocycles. The Morgan fingerprint density at radius 1 is 0.623 bits per heavy atom. The molecule has 0 fully saturated rings. The fourth-order valence-corrected chi connectivity index (χ4v) is 7.14. The molecule has 4 N–H and O–H groups in total.